The van der Waals surface area contributed by atoms with Crippen molar-refractivity contribution in [2.24, 2.45) is 5.10 Å². The predicted octanol–water partition coefficient (Wildman–Crippen LogP) is 9.18. The highest BCUT2D eigenvalue weighted by atomic mass is 32.1. The van der Waals surface area contributed by atoms with Gasteiger partial charge in [0, 0.05) is 22.2 Å². The molecule has 1 heterocycles. The zero-order chi connectivity index (χ0) is 33.8. The van der Waals surface area contributed by atoms with Gasteiger partial charge >= 0.3 is 0 Å². The molecule has 246 valence electrons. The van der Waals surface area contributed by atoms with E-state index in [1.807, 2.05) is 109 Å². The number of carbonyl (C=O) groups excluding carboxylic acids is 1. The van der Waals surface area contributed by atoms with Gasteiger partial charge in [-0.05, 0) is 91.2 Å². The first-order chi connectivity index (χ1) is 24.0. The zero-order valence-corrected chi connectivity index (χ0v) is 28.1. The van der Waals surface area contributed by atoms with E-state index in [1.54, 1.807) is 18.3 Å². The first-order valence-corrected chi connectivity index (χ1v) is 16.8. The lowest BCUT2D eigenvalue weighted by Gasteiger charge is -2.14. The molecule has 6 rings (SSSR count). The molecule has 0 aliphatic carbocycles. The van der Waals surface area contributed by atoms with E-state index >= 15 is 0 Å². The van der Waals surface area contributed by atoms with Crippen LogP contribution in [-0.4, -0.2) is 23.7 Å². The van der Waals surface area contributed by atoms with Crippen LogP contribution in [0.15, 0.2) is 132 Å². The molecule has 8 nitrogen and oxygen atoms in total. The summed E-state index contributed by atoms with van der Waals surface area (Å²) < 4.78 is 17.8. The van der Waals surface area contributed by atoms with E-state index in [0.29, 0.717) is 42.6 Å². The van der Waals surface area contributed by atoms with Gasteiger partial charge in [0.05, 0.1) is 18.5 Å². The van der Waals surface area contributed by atoms with Gasteiger partial charge in [0.1, 0.15) is 19.0 Å². The molecule has 0 saturated heterocycles. The summed E-state index contributed by atoms with van der Waals surface area (Å²) in [5.41, 5.74) is 9.93. The number of hydrogen-bond acceptors (Lipinski definition) is 8. The van der Waals surface area contributed by atoms with Gasteiger partial charge in [-0.2, -0.15) is 5.10 Å². The van der Waals surface area contributed by atoms with Gasteiger partial charge in [-0.3, -0.25) is 4.79 Å². The fourth-order valence-corrected chi connectivity index (χ4v) is 5.57. The van der Waals surface area contributed by atoms with E-state index in [1.165, 1.54) is 16.9 Å². The Morgan fingerprint density at radius 2 is 1.55 bits per heavy atom. The first kappa shape index (κ1) is 33.0. The monoisotopic (exact) mass is 668 g/mol. The number of benzene rings is 5. The summed E-state index contributed by atoms with van der Waals surface area (Å²) in [4.78, 5) is 17.4. The van der Waals surface area contributed by atoms with Crippen LogP contribution >= 0.6 is 11.3 Å². The number of aromatic nitrogens is 1. The SMILES string of the molecule is CCOc1cc(COc2ccc(/C=N/NC(=O)c3ccc(-c4csc(Nc5ccc(C)cc5)n4)cc3)cc2)ccc1OCc1ccccc1. The molecule has 1 aromatic heterocycles. The predicted molar refractivity (Wildman–Crippen MR) is 196 cm³/mol. The number of rotatable bonds is 14. The summed E-state index contributed by atoms with van der Waals surface area (Å²) in [7, 11) is 0. The number of amides is 1. The average Bonchev–Trinajstić information content (AvgIpc) is 3.61. The Labute approximate surface area is 290 Å². The van der Waals surface area contributed by atoms with Gasteiger partial charge in [0.25, 0.3) is 5.91 Å². The number of anilines is 2. The Morgan fingerprint density at radius 3 is 2.31 bits per heavy atom. The van der Waals surface area contributed by atoms with E-state index in [-0.39, 0.29) is 5.91 Å². The molecule has 6 aromatic rings. The molecule has 9 heteroatoms. The molecule has 2 N–H and O–H groups in total. The summed E-state index contributed by atoms with van der Waals surface area (Å²) in [6.07, 6.45) is 1.59. The fraction of sp³-hybridized carbons (Fsp3) is 0.125. The fourth-order valence-electron chi connectivity index (χ4n) is 4.83. The lowest BCUT2D eigenvalue weighted by Crippen LogP contribution is -2.17. The molecular weight excluding hydrogens is 633 g/mol. The molecule has 0 unspecified atom stereocenters. The summed E-state index contributed by atoms with van der Waals surface area (Å²) in [5, 5.41) is 10.3. The molecule has 0 atom stereocenters. The third kappa shape index (κ3) is 9.33. The highest BCUT2D eigenvalue weighted by molar-refractivity contribution is 7.14. The molecule has 49 heavy (non-hydrogen) atoms. The van der Waals surface area contributed by atoms with Crippen LogP contribution in [0.1, 0.15) is 39.5 Å². The Kier molecular flexibility index (Phi) is 10.9. The number of nitrogens with one attached hydrogen (secondary N) is 2. The van der Waals surface area contributed by atoms with Crippen molar-refractivity contribution in [1.82, 2.24) is 10.4 Å². The van der Waals surface area contributed by atoms with Crippen molar-refractivity contribution in [1.29, 1.82) is 0 Å². The zero-order valence-electron chi connectivity index (χ0n) is 27.3. The quantitative estimate of drug-likeness (QED) is 0.0888. The van der Waals surface area contributed by atoms with Crippen molar-refractivity contribution in [3.63, 3.8) is 0 Å². The van der Waals surface area contributed by atoms with E-state index in [0.717, 1.165) is 38.8 Å². The van der Waals surface area contributed by atoms with Crippen molar-refractivity contribution in [2.75, 3.05) is 11.9 Å². The highest BCUT2D eigenvalue weighted by Gasteiger charge is 2.10. The van der Waals surface area contributed by atoms with Crippen molar-refractivity contribution in [3.8, 4) is 28.5 Å². The van der Waals surface area contributed by atoms with Gasteiger partial charge in [0.2, 0.25) is 0 Å². The second-order valence-electron chi connectivity index (χ2n) is 11.2. The Bertz CT molecular complexity index is 1990. The van der Waals surface area contributed by atoms with Gasteiger partial charge in [-0.15, -0.1) is 11.3 Å². The molecular formula is C40H36N4O4S. The maximum Gasteiger partial charge on any atom is 0.271 e. The van der Waals surface area contributed by atoms with E-state index < -0.39 is 0 Å². The maximum absolute atomic E-state index is 12.7. The van der Waals surface area contributed by atoms with Crippen LogP contribution in [0.2, 0.25) is 0 Å². The lowest BCUT2D eigenvalue weighted by atomic mass is 10.1. The van der Waals surface area contributed by atoms with Crippen molar-refractivity contribution in [2.45, 2.75) is 27.1 Å². The third-order valence-corrected chi connectivity index (χ3v) is 8.22. The van der Waals surface area contributed by atoms with Crippen molar-refractivity contribution in [3.05, 3.63) is 155 Å². The van der Waals surface area contributed by atoms with Crippen LogP contribution in [0, 0.1) is 6.92 Å². The Morgan fingerprint density at radius 1 is 0.796 bits per heavy atom. The smallest absolute Gasteiger partial charge is 0.271 e. The molecule has 0 fully saturated rings. The highest BCUT2D eigenvalue weighted by Crippen LogP contribution is 2.30. The van der Waals surface area contributed by atoms with Gasteiger partial charge in [0.15, 0.2) is 16.6 Å². The van der Waals surface area contributed by atoms with Gasteiger partial charge in [-0.1, -0.05) is 66.2 Å². The van der Waals surface area contributed by atoms with Crippen LogP contribution in [0.3, 0.4) is 0 Å². The Hall–Kier alpha value is -5.93. The number of carbonyl (C=O) groups is 1. The van der Waals surface area contributed by atoms with Crippen LogP contribution < -0.4 is 25.0 Å². The van der Waals surface area contributed by atoms with Crippen LogP contribution in [-0.2, 0) is 13.2 Å². The standard InChI is InChI=1S/C40H36N4O4S/c1-3-46-38-23-31(13-22-37(38)48-25-30-7-5-4-6-8-30)26-47-35-20-11-29(12-21-35)24-41-44-39(45)33-16-14-32(15-17-33)36-27-49-40(43-36)42-34-18-9-28(2)10-19-34/h4-24,27H,3,25-26H2,1-2H3,(H,42,43)(H,44,45)/b41-24+. The van der Waals surface area contributed by atoms with Gasteiger partial charge in [-0.25, -0.2) is 10.4 Å². The molecule has 0 aliphatic heterocycles. The summed E-state index contributed by atoms with van der Waals surface area (Å²) in [5.74, 6) is 1.79. The number of nitrogens with zero attached hydrogens (tertiary/aromatic N) is 2. The van der Waals surface area contributed by atoms with E-state index in [9.17, 15) is 4.79 Å². The second-order valence-corrected chi connectivity index (χ2v) is 12.0. The molecule has 0 radical (unpaired) electrons. The van der Waals surface area contributed by atoms with Crippen molar-refractivity contribution < 1.29 is 19.0 Å². The van der Waals surface area contributed by atoms with Gasteiger partial charge < -0.3 is 19.5 Å². The van der Waals surface area contributed by atoms with Crippen LogP contribution in [0.25, 0.3) is 11.3 Å². The van der Waals surface area contributed by atoms with Crippen molar-refractivity contribution >= 4 is 34.3 Å². The third-order valence-electron chi connectivity index (χ3n) is 7.46. The number of ether oxygens (including phenoxy) is 3. The molecule has 0 spiro atoms. The number of hydrazone groups is 1. The summed E-state index contributed by atoms with van der Waals surface area (Å²) in [6, 6.07) is 38.8. The Balaban J connectivity index is 0.972. The average molecular weight is 669 g/mol. The topological polar surface area (TPSA) is 94.1 Å². The van der Waals surface area contributed by atoms with Crippen LogP contribution in [0.4, 0.5) is 10.8 Å². The number of aryl methyl sites for hydroxylation is 1. The van der Waals surface area contributed by atoms with Crippen LogP contribution in [0.5, 0.6) is 17.2 Å². The molecule has 0 bridgehead atoms. The number of hydrogen-bond donors (Lipinski definition) is 2. The number of thiazole rings is 1. The lowest BCUT2D eigenvalue weighted by molar-refractivity contribution is 0.0955. The molecule has 5 aromatic carbocycles. The first-order valence-electron chi connectivity index (χ1n) is 15.9. The van der Waals surface area contributed by atoms with E-state index in [4.69, 9.17) is 14.2 Å². The minimum absolute atomic E-state index is 0.300. The minimum Gasteiger partial charge on any atom is -0.490 e. The molecule has 0 saturated carbocycles. The minimum atomic E-state index is -0.300. The van der Waals surface area contributed by atoms with E-state index in [2.05, 4.69) is 39.9 Å². The normalized spacial score (nSPS) is 10.9. The summed E-state index contributed by atoms with van der Waals surface area (Å²) >= 11 is 1.53. The summed E-state index contributed by atoms with van der Waals surface area (Å²) in [6.45, 7) is 5.37. The molecule has 1 amide bonds. The largest absolute Gasteiger partial charge is 0.490 e. The molecule has 0 aliphatic rings. The maximum atomic E-state index is 12.7. The second kappa shape index (κ2) is 16.3.